The molecule has 0 saturated carbocycles. The highest BCUT2D eigenvalue weighted by molar-refractivity contribution is 7.99. The van der Waals surface area contributed by atoms with Gasteiger partial charge in [-0.2, -0.15) is 0 Å². The molecular formula is C20H22N4O3S2. The van der Waals surface area contributed by atoms with E-state index in [0.717, 1.165) is 39.7 Å². The summed E-state index contributed by atoms with van der Waals surface area (Å²) in [5.41, 5.74) is 1.98. The van der Waals surface area contributed by atoms with Gasteiger partial charge in [0.1, 0.15) is 0 Å². The standard InChI is InChI=1S/C20H22N4O3S2/c1-13-9-16-17(27-7-4-6-26-16)10-15(13)19-22-23-20(24(19)2)29-12-18(25)21-11-14-5-3-8-28-14/h3,5,8-10H,4,6-7,11-12H2,1-2H3,(H,21,25). The van der Waals surface area contributed by atoms with Crippen molar-refractivity contribution in [2.24, 2.45) is 7.05 Å². The van der Waals surface area contributed by atoms with Gasteiger partial charge in [-0.3, -0.25) is 4.79 Å². The molecule has 1 aliphatic rings. The van der Waals surface area contributed by atoms with Crippen molar-refractivity contribution in [3.63, 3.8) is 0 Å². The minimum atomic E-state index is -0.0280. The number of rotatable bonds is 6. The van der Waals surface area contributed by atoms with Gasteiger partial charge < -0.3 is 19.4 Å². The van der Waals surface area contributed by atoms with Crippen molar-refractivity contribution < 1.29 is 14.3 Å². The van der Waals surface area contributed by atoms with E-state index in [1.807, 2.05) is 48.2 Å². The number of nitrogens with zero attached hydrogens (tertiary/aromatic N) is 3. The number of thiophene rings is 1. The predicted molar refractivity (Wildman–Crippen MR) is 114 cm³/mol. The molecule has 1 amide bonds. The van der Waals surface area contributed by atoms with Crippen molar-refractivity contribution in [1.82, 2.24) is 20.1 Å². The molecule has 7 nitrogen and oxygen atoms in total. The lowest BCUT2D eigenvalue weighted by Gasteiger charge is -2.12. The average Bonchev–Trinajstić information content (AvgIpc) is 3.29. The van der Waals surface area contributed by atoms with Gasteiger partial charge in [-0.25, -0.2) is 0 Å². The van der Waals surface area contributed by atoms with E-state index in [-0.39, 0.29) is 11.7 Å². The van der Waals surface area contributed by atoms with Gasteiger partial charge in [0.05, 0.1) is 25.5 Å². The number of hydrogen-bond donors (Lipinski definition) is 1. The highest BCUT2D eigenvalue weighted by Gasteiger charge is 2.19. The van der Waals surface area contributed by atoms with Crippen LogP contribution < -0.4 is 14.8 Å². The summed E-state index contributed by atoms with van der Waals surface area (Å²) in [5.74, 6) is 2.49. The number of hydrogen-bond acceptors (Lipinski definition) is 7. The van der Waals surface area contributed by atoms with Gasteiger partial charge in [-0.05, 0) is 36.1 Å². The molecule has 0 radical (unpaired) electrons. The molecule has 0 spiro atoms. The van der Waals surface area contributed by atoms with E-state index in [2.05, 4.69) is 15.5 Å². The second-order valence-corrected chi connectivity index (χ2v) is 8.65. The second-order valence-electron chi connectivity index (χ2n) is 6.67. The average molecular weight is 431 g/mol. The molecular weight excluding hydrogens is 408 g/mol. The Morgan fingerprint density at radius 3 is 2.83 bits per heavy atom. The number of benzene rings is 1. The van der Waals surface area contributed by atoms with E-state index in [1.54, 1.807) is 11.3 Å². The lowest BCUT2D eigenvalue weighted by Crippen LogP contribution is -2.24. The van der Waals surface area contributed by atoms with Crippen molar-refractivity contribution in [2.75, 3.05) is 19.0 Å². The zero-order valence-electron chi connectivity index (χ0n) is 16.3. The molecule has 29 heavy (non-hydrogen) atoms. The highest BCUT2D eigenvalue weighted by atomic mass is 32.2. The first-order valence-electron chi connectivity index (χ1n) is 9.33. The van der Waals surface area contributed by atoms with Crippen LogP contribution in [0.2, 0.25) is 0 Å². The summed E-state index contributed by atoms with van der Waals surface area (Å²) in [6, 6.07) is 7.92. The molecule has 0 atom stereocenters. The molecule has 1 aromatic carbocycles. The van der Waals surface area contributed by atoms with Crippen LogP contribution in [0, 0.1) is 6.92 Å². The Hall–Kier alpha value is -2.52. The summed E-state index contributed by atoms with van der Waals surface area (Å²) >= 11 is 3.00. The molecule has 1 aliphatic heterocycles. The Morgan fingerprint density at radius 2 is 2.07 bits per heavy atom. The highest BCUT2D eigenvalue weighted by Crippen LogP contribution is 2.36. The van der Waals surface area contributed by atoms with Gasteiger partial charge >= 0.3 is 0 Å². The Kier molecular flexibility index (Phi) is 6.05. The zero-order chi connectivity index (χ0) is 20.2. The quantitative estimate of drug-likeness (QED) is 0.604. The van der Waals surface area contributed by atoms with Crippen LogP contribution in [0.15, 0.2) is 34.8 Å². The SMILES string of the molecule is Cc1cc2c(cc1-c1nnc(SCC(=O)NCc3cccs3)n1C)OCCCO2. The van der Waals surface area contributed by atoms with Gasteiger partial charge in [-0.1, -0.05) is 17.8 Å². The number of carbonyl (C=O) groups is 1. The minimum Gasteiger partial charge on any atom is -0.490 e. The Morgan fingerprint density at radius 1 is 1.28 bits per heavy atom. The monoisotopic (exact) mass is 430 g/mol. The number of amides is 1. The fourth-order valence-corrected chi connectivity index (χ4v) is 4.39. The van der Waals surface area contributed by atoms with Crippen LogP contribution in [0.25, 0.3) is 11.4 Å². The van der Waals surface area contributed by atoms with Crippen LogP contribution in [0.3, 0.4) is 0 Å². The first kappa shape index (κ1) is 19.8. The Labute approximate surface area is 177 Å². The van der Waals surface area contributed by atoms with Crippen molar-refractivity contribution >= 4 is 29.0 Å². The summed E-state index contributed by atoms with van der Waals surface area (Å²) in [7, 11) is 1.91. The van der Waals surface area contributed by atoms with E-state index in [1.165, 1.54) is 11.8 Å². The number of carbonyl (C=O) groups excluding carboxylic acids is 1. The van der Waals surface area contributed by atoms with E-state index in [0.29, 0.717) is 24.9 Å². The van der Waals surface area contributed by atoms with Gasteiger partial charge in [0, 0.05) is 23.9 Å². The molecule has 2 aromatic heterocycles. The molecule has 1 N–H and O–H groups in total. The second kappa shape index (κ2) is 8.87. The van der Waals surface area contributed by atoms with Gasteiger partial charge in [-0.15, -0.1) is 21.5 Å². The molecule has 9 heteroatoms. The predicted octanol–water partition coefficient (Wildman–Crippen LogP) is 3.42. The summed E-state index contributed by atoms with van der Waals surface area (Å²) in [5, 5.41) is 14.2. The molecule has 3 aromatic rings. The molecule has 0 bridgehead atoms. The number of nitrogens with one attached hydrogen (secondary N) is 1. The normalized spacial score (nSPS) is 13.2. The topological polar surface area (TPSA) is 78.3 Å². The van der Waals surface area contributed by atoms with Crippen LogP contribution >= 0.6 is 23.1 Å². The molecule has 152 valence electrons. The molecule has 4 rings (SSSR count). The first-order valence-corrected chi connectivity index (χ1v) is 11.2. The molecule has 0 aliphatic carbocycles. The first-order chi connectivity index (χ1) is 14.1. The zero-order valence-corrected chi connectivity index (χ0v) is 17.9. The smallest absolute Gasteiger partial charge is 0.230 e. The number of aryl methyl sites for hydroxylation is 1. The van der Waals surface area contributed by atoms with Crippen LogP contribution in [-0.2, 0) is 18.4 Å². The van der Waals surface area contributed by atoms with Gasteiger partial charge in [0.25, 0.3) is 0 Å². The fourth-order valence-electron chi connectivity index (χ4n) is 3.01. The molecule has 3 heterocycles. The summed E-state index contributed by atoms with van der Waals surface area (Å²) < 4.78 is 13.5. The third-order valence-electron chi connectivity index (χ3n) is 4.54. The maximum absolute atomic E-state index is 12.1. The van der Waals surface area contributed by atoms with Crippen molar-refractivity contribution in [3.8, 4) is 22.9 Å². The van der Waals surface area contributed by atoms with Gasteiger partial charge in [0.15, 0.2) is 22.5 Å². The minimum absolute atomic E-state index is 0.0280. The van der Waals surface area contributed by atoms with E-state index < -0.39 is 0 Å². The van der Waals surface area contributed by atoms with E-state index in [9.17, 15) is 4.79 Å². The number of aromatic nitrogens is 3. The largest absolute Gasteiger partial charge is 0.490 e. The summed E-state index contributed by atoms with van der Waals surface area (Å²) in [6.45, 7) is 3.86. The molecule has 0 fully saturated rings. The number of fused-ring (bicyclic) bond motifs is 1. The maximum atomic E-state index is 12.1. The van der Waals surface area contributed by atoms with Crippen molar-refractivity contribution in [2.45, 2.75) is 25.0 Å². The lowest BCUT2D eigenvalue weighted by molar-refractivity contribution is -0.118. The number of thioether (sulfide) groups is 1. The lowest BCUT2D eigenvalue weighted by atomic mass is 10.1. The van der Waals surface area contributed by atoms with Crippen LogP contribution in [0.5, 0.6) is 11.5 Å². The van der Waals surface area contributed by atoms with Crippen molar-refractivity contribution in [1.29, 1.82) is 0 Å². The maximum Gasteiger partial charge on any atom is 0.230 e. The van der Waals surface area contributed by atoms with Crippen LogP contribution in [0.1, 0.15) is 16.9 Å². The van der Waals surface area contributed by atoms with Gasteiger partial charge in [0.2, 0.25) is 5.91 Å². The van der Waals surface area contributed by atoms with Crippen molar-refractivity contribution in [3.05, 3.63) is 40.1 Å². The number of ether oxygens (including phenoxy) is 2. The van der Waals surface area contributed by atoms with E-state index >= 15 is 0 Å². The fraction of sp³-hybridized carbons (Fsp3) is 0.350. The van der Waals surface area contributed by atoms with Crippen LogP contribution in [0.4, 0.5) is 0 Å². The Balaban J connectivity index is 1.44. The Bertz CT molecular complexity index is 1000. The summed E-state index contributed by atoms with van der Waals surface area (Å²) in [6.07, 6.45) is 0.863. The molecule has 0 saturated heterocycles. The molecule has 0 unspecified atom stereocenters. The third kappa shape index (κ3) is 4.56. The van der Waals surface area contributed by atoms with Crippen LogP contribution in [-0.4, -0.2) is 39.6 Å². The third-order valence-corrected chi connectivity index (χ3v) is 6.44. The van der Waals surface area contributed by atoms with E-state index in [4.69, 9.17) is 9.47 Å². The summed E-state index contributed by atoms with van der Waals surface area (Å²) in [4.78, 5) is 13.3.